The van der Waals surface area contributed by atoms with Gasteiger partial charge in [-0.2, -0.15) is 4.98 Å². The van der Waals surface area contributed by atoms with Gasteiger partial charge in [-0.3, -0.25) is 0 Å². The summed E-state index contributed by atoms with van der Waals surface area (Å²) in [6.45, 7) is 5.79. The molecule has 0 radical (unpaired) electrons. The van der Waals surface area contributed by atoms with Gasteiger partial charge in [-0.1, -0.05) is 35.5 Å². The molecule has 7 heteroatoms. The van der Waals surface area contributed by atoms with Crippen molar-refractivity contribution in [3.63, 3.8) is 0 Å². The predicted octanol–water partition coefficient (Wildman–Crippen LogP) is 3.28. The molecule has 0 aliphatic heterocycles. The summed E-state index contributed by atoms with van der Waals surface area (Å²) in [4.78, 5) is 20.4. The first-order valence-corrected chi connectivity index (χ1v) is 7.72. The highest BCUT2D eigenvalue weighted by Gasteiger charge is 2.20. The lowest BCUT2D eigenvalue weighted by molar-refractivity contribution is 0.0512. The van der Waals surface area contributed by atoms with Crippen LogP contribution in [-0.2, 0) is 4.74 Å². The van der Waals surface area contributed by atoms with E-state index in [1.54, 1.807) is 13.8 Å². The third-order valence-electron chi connectivity index (χ3n) is 3.62. The van der Waals surface area contributed by atoms with Crippen molar-refractivity contribution in [3.8, 4) is 0 Å². The Bertz CT molecular complexity index is 861. The number of hydrogen-bond acceptors (Lipinski definition) is 7. The van der Waals surface area contributed by atoms with Gasteiger partial charge in [-0.25, -0.2) is 9.78 Å². The molecule has 1 atom stereocenters. The fourth-order valence-electron chi connectivity index (χ4n) is 2.41. The van der Waals surface area contributed by atoms with Gasteiger partial charge >= 0.3 is 5.97 Å². The van der Waals surface area contributed by atoms with Crippen molar-refractivity contribution in [1.29, 1.82) is 0 Å². The van der Waals surface area contributed by atoms with Crippen molar-refractivity contribution in [3.05, 3.63) is 47.4 Å². The van der Waals surface area contributed by atoms with Gasteiger partial charge in [-0.15, -0.1) is 0 Å². The lowest BCUT2D eigenvalue weighted by Gasteiger charge is -2.15. The van der Waals surface area contributed by atoms with Crippen molar-refractivity contribution in [2.75, 3.05) is 11.9 Å². The molecule has 0 spiro atoms. The molecule has 3 aromatic rings. The standard InChI is InChI=1S/C17H18N4O3/c1-4-23-17(22)15-19-14(13-11(3)21-24-16(13)20-15)18-10(2)12-8-6-5-7-9-12/h5-10H,4H2,1-3H3,(H,18,19,20)/t10-/m1/s1. The number of benzene rings is 1. The number of rotatable bonds is 5. The van der Waals surface area contributed by atoms with Crippen molar-refractivity contribution in [2.45, 2.75) is 26.8 Å². The normalized spacial score (nSPS) is 12.1. The van der Waals surface area contributed by atoms with E-state index in [9.17, 15) is 4.79 Å². The minimum Gasteiger partial charge on any atom is -0.460 e. The molecule has 0 aliphatic carbocycles. The van der Waals surface area contributed by atoms with E-state index in [1.165, 1.54) is 0 Å². The van der Waals surface area contributed by atoms with Crippen LogP contribution in [0.15, 0.2) is 34.9 Å². The number of hydrogen-bond donors (Lipinski definition) is 1. The average Bonchev–Trinajstić information content (AvgIpc) is 2.97. The quantitative estimate of drug-likeness (QED) is 0.719. The summed E-state index contributed by atoms with van der Waals surface area (Å²) in [5.74, 6) is -0.148. The Morgan fingerprint density at radius 2 is 2.04 bits per heavy atom. The van der Waals surface area contributed by atoms with Crippen LogP contribution in [-0.4, -0.2) is 27.7 Å². The van der Waals surface area contributed by atoms with Crippen LogP contribution in [0.4, 0.5) is 5.82 Å². The molecule has 1 N–H and O–H groups in total. The third-order valence-corrected chi connectivity index (χ3v) is 3.62. The summed E-state index contributed by atoms with van der Waals surface area (Å²) in [5, 5.41) is 7.88. The lowest BCUT2D eigenvalue weighted by Crippen LogP contribution is -2.14. The van der Waals surface area contributed by atoms with Gasteiger partial charge in [0, 0.05) is 6.04 Å². The Labute approximate surface area is 139 Å². The molecule has 0 saturated heterocycles. The number of nitrogens with one attached hydrogen (secondary N) is 1. The van der Waals surface area contributed by atoms with Gasteiger partial charge < -0.3 is 14.6 Å². The Morgan fingerprint density at radius 3 is 2.75 bits per heavy atom. The Hall–Kier alpha value is -2.96. The maximum Gasteiger partial charge on any atom is 0.376 e. The number of aryl methyl sites for hydroxylation is 1. The lowest BCUT2D eigenvalue weighted by atomic mass is 10.1. The number of anilines is 1. The molecule has 0 bridgehead atoms. The van der Waals surface area contributed by atoms with E-state index >= 15 is 0 Å². The van der Waals surface area contributed by atoms with Crippen molar-refractivity contribution < 1.29 is 14.1 Å². The molecular formula is C17H18N4O3. The average molecular weight is 326 g/mol. The maximum absolute atomic E-state index is 12.0. The van der Waals surface area contributed by atoms with Crippen LogP contribution in [0.1, 0.15) is 41.8 Å². The number of carbonyl (C=O) groups is 1. The fourth-order valence-corrected chi connectivity index (χ4v) is 2.41. The van der Waals surface area contributed by atoms with E-state index < -0.39 is 5.97 Å². The van der Waals surface area contributed by atoms with Crippen molar-refractivity contribution in [1.82, 2.24) is 15.1 Å². The summed E-state index contributed by atoms with van der Waals surface area (Å²) < 4.78 is 10.2. The number of fused-ring (bicyclic) bond motifs is 1. The van der Waals surface area contributed by atoms with Crippen LogP contribution in [0.2, 0.25) is 0 Å². The third kappa shape index (κ3) is 3.05. The second-order valence-electron chi connectivity index (χ2n) is 5.34. The maximum atomic E-state index is 12.0. The molecule has 7 nitrogen and oxygen atoms in total. The van der Waals surface area contributed by atoms with Gasteiger partial charge in [0.1, 0.15) is 11.2 Å². The number of nitrogens with zero attached hydrogens (tertiary/aromatic N) is 3. The zero-order valence-corrected chi connectivity index (χ0v) is 13.7. The zero-order chi connectivity index (χ0) is 17.1. The number of aromatic nitrogens is 3. The van der Waals surface area contributed by atoms with Crippen LogP contribution >= 0.6 is 0 Å². The van der Waals surface area contributed by atoms with Gasteiger partial charge in [0.05, 0.1) is 12.3 Å². The van der Waals surface area contributed by atoms with E-state index in [1.807, 2.05) is 37.3 Å². The summed E-state index contributed by atoms with van der Waals surface area (Å²) in [6.07, 6.45) is 0. The van der Waals surface area contributed by atoms with Crippen LogP contribution in [0.3, 0.4) is 0 Å². The van der Waals surface area contributed by atoms with E-state index in [4.69, 9.17) is 9.26 Å². The molecule has 2 heterocycles. The molecule has 24 heavy (non-hydrogen) atoms. The van der Waals surface area contributed by atoms with Gasteiger partial charge in [-0.05, 0) is 26.3 Å². The number of carbonyl (C=O) groups excluding carboxylic acids is 1. The topological polar surface area (TPSA) is 90.1 Å². The fraction of sp³-hybridized carbons (Fsp3) is 0.294. The predicted molar refractivity (Wildman–Crippen MR) is 88.8 cm³/mol. The summed E-state index contributed by atoms with van der Waals surface area (Å²) in [6, 6.07) is 9.91. The molecule has 0 saturated carbocycles. The van der Waals surface area contributed by atoms with E-state index in [0.29, 0.717) is 16.9 Å². The first-order valence-electron chi connectivity index (χ1n) is 7.72. The molecule has 1 aromatic carbocycles. The molecule has 0 fully saturated rings. The number of ether oxygens (including phenoxy) is 1. The molecule has 0 aliphatic rings. The minimum atomic E-state index is -0.594. The minimum absolute atomic E-state index is 0.0198. The SMILES string of the molecule is CCOC(=O)c1nc(N[C@H](C)c2ccccc2)c2c(C)noc2n1. The first kappa shape index (κ1) is 15.9. The summed E-state index contributed by atoms with van der Waals surface area (Å²) in [5.41, 5.74) is 2.01. The number of esters is 1. The highest BCUT2D eigenvalue weighted by atomic mass is 16.5. The molecular weight excluding hydrogens is 308 g/mol. The van der Waals surface area contributed by atoms with Gasteiger partial charge in [0.15, 0.2) is 0 Å². The molecule has 3 rings (SSSR count). The molecule has 2 aromatic heterocycles. The Kier molecular flexibility index (Phi) is 4.41. The van der Waals surface area contributed by atoms with Crippen LogP contribution < -0.4 is 5.32 Å². The van der Waals surface area contributed by atoms with E-state index in [-0.39, 0.29) is 24.2 Å². The van der Waals surface area contributed by atoms with Crippen molar-refractivity contribution in [2.24, 2.45) is 0 Å². The first-order chi connectivity index (χ1) is 11.6. The largest absolute Gasteiger partial charge is 0.460 e. The second kappa shape index (κ2) is 6.66. The molecule has 0 unspecified atom stereocenters. The van der Waals surface area contributed by atoms with Crippen LogP contribution in [0.5, 0.6) is 0 Å². The van der Waals surface area contributed by atoms with Gasteiger partial charge in [0.25, 0.3) is 5.71 Å². The highest BCUT2D eigenvalue weighted by molar-refractivity contribution is 5.93. The summed E-state index contributed by atoms with van der Waals surface area (Å²) in [7, 11) is 0. The molecule has 124 valence electrons. The highest BCUT2D eigenvalue weighted by Crippen LogP contribution is 2.27. The summed E-state index contributed by atoms with van der Waals surface area (Å²) >= 11 is 0. The zero-order valence-electron chi connectivity index (χ0n) is 13.7. The Morgan fingerprint density at radius 1 is 1.29 bits per heavy atom. The van der Waals surface area contributed by atoms with Crippen LogP contribution in [0.25, 0.3) is 11.1 Å². The second-order valence-corrected chi connectivity index (χ2v) is 5.34. The molecule has 0 amide bonds. The smallest absolute Gasteiger partial charge is 0.376 e. The van der Waals surface area contributed by atoms with Crippen molar-refractivity contribution >= 4 is 22.9 Å². The Balaban J connectivity index is 2.01. The van der Waals surface area contributed by atoms with E-state index in [0.717, 1.165) is 5.56 Å². The monoisotopic (exact) mass is 326 g/mol. The van der Waals surface area contributed by atoms with Gasteiger partial charge in [0.2, 0.25) is 5.82 Å². The van der Waals surface area contributed by atoms with Crippen LogP contribution in [0, 0.1) is 6.92 Å². The van der Waals surface area contributed by atoms with E-state index in [2.05, 4.69) is 20.4 Å².